The van der Waals surface area contributed by atoms with Crippen LogP contribution in [-0.4, -0.2) is 30.0 Å². The van der Waals surface area contributed by atoms with Crippen LogP contribution in [0.25, 0.3) is 0 Å². The molecule has 0 fully saturated rings. The van der Waals surface area contributed by atoms with Gasteiger partial charge in [-0.3, -0.25) is 4.79 Å². The Bertz CT molecular complexity index is 622. The minimum Gasteiger partial charge on any atom is -0.349 e. The third-order valence-corrected chi connectivity index (χ3v) is 4.02. The Morgan fingerprint density at radius 3 is 2.58 bits per heavy atom. The Kier molecular flexibility index (Phi) is 10.8. The maximum atomic E-state index is 12.9. The van der Waals surface area contributed by atoms with Gasteiger partial charge in [-0.2, -0.15) is 0 Å². The molecule has 2 aromatic rings. The number of rotatable bonds is 7. The van der Waals surface area contributed by atoms with Crippen LogP contribution in [0.4, 0.5) is 4.39 Å². The number of hydrogen-bond acceptors (Lipinski definition) is 4. The number of aromatic nitrogens is 1. The fraction of sp³-hybridized carbons (Fsp3) is 0.375. The Hall–Kier alpha value is -1.21. The summed E-state index contributed by atoms with van der Waals surface area (Å²) in [7, 11) is 0. The van der Waals surface area contributed by atoms with Gasteiger partial charge in [0.05, 0.1) is 5.01 Å². The van der Waals surface area contributed by atoms with E-state index in [0.717, 1.165) is 17.1 Å². The number of nitrogens with zero attached hydrogens (tertiary/aromatic N) is 1. The fourth-order valence-electron chi connectivity index (χ4n) is 2.03. The van der Waals surface area contributed by atoms with E-state index < -0.39 is 0 Å². The van der Waals surface area contributed by atoms with Crippen molar-refractivity contribution in [3.8, 4) is 0 Å². The second-order valence-corrected chi connectivity index (χ2v) is 6.04. The van der Waals surface area contributed by atoms with Gasteiger partial charge < -0.3 is 10.6 Å². The maximum Gasteiger partial charge on any atom is 0.270 e. The second kappa shape index (κ2) is 11.4. The van der Waals surface area contributed by atoms with Gasteiger partial charge in [-0.05, 0) is 31.2 Å². The zero-order chi connectivity index (χ0) is 15.9. The van der Waals surface area contributed by atoms with E-state index in [1.54, 1.807) is 17.5 Å². The van der Waals surface area contributed by atoms with Gasteiger partial charge in [0, 0.05) is 24.4 Å². The molecule has 0 aliphatic heterocycles. The number of amides is 1. The number of thiazole rings is 1. The van der Waals surface area contributed by atoms with Gasteiger partial charge in [-0.15, -0.1) is 36.2 Å². The van der Waals surface area contributed by atoms with Crippen LogP contribution in [0.15, 0.2) is 29.6 Å². The van der Waals surface area contributed by atoms with Crippen molar-refractivity contribution >= 4 is 42.1 Å². The Morgan fingerprint density at radius 1 is 1.29 bits per heavy atom. The van der Waals surface area contributed by atoms with Gasteiger partial charge >= 0.3 is 0 Å². The number of hydrogen-bond donors (Lipinski definition) is 2. The van der Waals surface area contributed by atoms with Crippen molar-refractivity contribution in [2.24, 2.45) is 0 Å². The Morgan fingerprint density at radius 2 is 1.96 bits per heavy atom. The van der Waals surface area contributed by atoms with Gasteiger partial charge in [0.15, 0.2) is 0 Å². The summed E-state index contributed by atoms with van der Waals surface area (Å²) in [5.41, 5.74) is 1.41. The van der Waals surface area contributed by atoms with E-state index in [-0.39, 0.29) is 42.6 Å². The molecule has 1 heterocycles. The van der Waals surface area contributed by atoms with E-state index in [1.165, 1.54) is 23.5 Å². The molecule has 8 heteroatoms. The van der Waals surface area contributed by atoms with E-state index in [0.29, 0.717) is 18.7 Å². The molecule has 0 bridgehead atoms. The molecule has 0 saturated carbocycles. The summed E-state index contributed by atoms with van der Waals surface area (Å²) < 4.78 is 12.9. The van der Waals surface area contributed by atoms with Crippen LogP contribution in [0.1, 0.15) is 34.9 Å². The number of benzene rings is 1. The first-order valence-corrected chi connectivity index (χ1v) is 8.17. The minimum atomic E-state index is -0.252. The van der Waals surface area contributed by atoms with E-state index >= 15 is 0 Å². The van der Waals surface area contributed by atoms with Crippen molar-refractivity contribution in [2.75, 3.05) is 13.1 Å². The standard InChI is InChI=1S/C16H20FN3OS.2ClH/c1-3-18-11(2)9-19-16(21)14-10-22-15(20-14)8-12-4-6-13(17)7-5-12;;/h4-7,10-11,18H,3,8-9H2,1-2H3,(H,19,21);2*1H/t11-;;/m1../s1. The van der Waals surface area contributed by atoms with Crippen LogP contribution < -0.4 is 10.6 Å². The predicted molar refractivity (Wildman–Crippen MR) is 101 cm³/mol. The highest BCUT2D eigenvalue weighted by Crippen LogP contribution is 2.15. The number of halogens is 3. The minimum absolute atomic E-state index is 0. The molecule has 134 valence electrons. The molecule has 24 heavy (non-hydrogen) atoms. The highest BCUT2D eigenvalue weighted by atomic mass is 35.5. The molecule has 0 saturated heterocycles. The SMILES string of the molecule is CCN[C@H](C)CNC(=O)c1csc(Cc2ccc(F)cc2)n1.Cl.Cl. The first-order valence-electron chi connectivity index (χ1n) is 7.29. The summed E-state index contributed by atoms with van der Waals surface area (Å²) >= 11 is 1.44. The van der Waals surface area contributed by atoms with Crippen molar-refractivity contribution in [3.63, 3.8) is 0 Å². The molecule has 0 aliphatic rings. The molecular formula is C16H22Cl2FN3OS. The van der Waals surface area contributed by atoms with Gasteiger partial charge in [-0.1, -0.05) is 19.1 Å². The number of likely N-dealkylation sites (N-methyl/N-ethyl adjacent to an activating group) is 1. The van der Waals surface area contributed by atoms with Gasteiger partial charge in [0.1, 0.15) is 11.5 Å². The summed E-state index contributed by atoms with van der Waals surface area (Å²) in [6.45, 7) is 5.48. The fourth-order valence-corrected chi connectivity index (χ4v) is 2.84. The third kappa shape index (κ3) is 7.13. The summed E-state index contributed by atoms with van der Waals surface area (Å²) in [6, 6.07) is 6.55. The molecular weight excluding hydrogens is 372 g/mol. The average molecular weight is 394 g/mol. The summed E-state index contributed by atoms with van der Waals surface area (Å²) in [4.78, 5) is 16.4. The summed E-state index contributed by atoms with van der Waals surface area (Å²) in [6.07, 6.45) is 0.603. The van der Waals surface area contributed by atoms with Crippen LogP contribution in [0.5, 0.6) is 0 Å². The lowest BCUT2D eigenvalue weighted by Gasteiger charge is -2.12. The van der Waals surface area contributed by atoms with Gasteiger partial charge in [-0.25, -0.2) is 9.37 Å². The molecule has 4 nitrogen and oxygen atoms in total. The number of carbonyl (C=O) groups excluding carboxylic acids is 1. The molecule has 2 rings (SSSR count). The lowest BCUT2D eigenvalue weighted by Crippen LogP contribution is -2.38. The van der Waals surface area contributed by atoms with Crippen molar-refractivity contribution in [2.45, 2.75) is 26.3 Å². The molecule has 1 amide bonds. The second-order valence-electron chi connectivity index (χ2n) is 5.10. The third-order valence-electron chi connectivity index (χ3n) is 3.17. The first-order chi connectivity index (χ1) is 10.6. The number of nitrogens with one attached hydrogen (secondary N) is 2. The monoisotopic (exact) mass is 393 g/mol. The average Bonchev–Trinajstić information content (AvgIpc) is 2.96. The first kappa shape index (κ1) is 22.8. The smallest absolute Gasteiger partial charge is 0.270 e. The van der Waals surface area contributed by atoms with Crippen molar-refractivity contribution in [1.29, 1.82) is 0 Å². The molecule has 2 N–H and O–H groups in total. The quantitative estimate of drug-likeness (QED) is 0.757. The maximum absolute atomic E-state index is 12.9. The largest absolute Gasteiger partial charge is 0.349 e. The van der Waals surface area contributed by atoms with E-state index in [1.807, 2.05) is 13.8 Å². The molecule has 0 spiro atoms. The van der Waals surface area contributed by atoms with Crippen LogP contribution >= 0.6 is 36.2 Å². The normalized spacial score (nSPS) is 11.1. The van der Waals surface area contributed by atoms with E-state index in [9.17, 15) is 9.18 Å². The highest BCUT2D eigenvalue weighted by Gasteiger charge is 2.12. The van der Waals surface area contributed by atoms with Gasteiger partial charge in [0.2, 0.25) is 0 Å². The molecule has 0 aliphatic carbocycles. The lowest BCUT2D eigenvalue weighted by atomic mass is 10.1. The number of carbonyl (C=O) groups is 1. The molecule has 0 radical (unpaired) electrons. The Balaban J connectivity index is 0.00000264. The van der Waals surface area contributed by atoms with Crippen LogP contribution in [0.3, 0.4) is 0 Å². The van der Waals surface area contributed by atoms with Crippen molar-refractivity contribution in [1.82, 2.24) is 15.6 Å². The summed E-state index contributed by atoms with van der Waals surface area (Å²) in [5, 5.41) is 8.69. The molecule has 0 unspecified atom stereocenters. The van der Waals surface area contributed by atoms with Gasteiger partial charge in [0.25, 0.3) is 5.91 Å². The van der Waals surface area contributed by atoms with Crippen LogP contribution in [0.2, 0.25) is 0 Å². The van der Waals surface area contributed by atoms with Crippen LogP contribution in [-0.2, 0) is 6.42 Å². The van der Waals surface area contributed by atoms with E-state index in [2.05, 4.69) is 15.6 Å². The summed E-state index contributed by atoms with van der Waals surface area (Å²) in [5.74, 6) is -0.413. The van der Waals surface area contributed by atoms with Crippen molar-refractivity contribution < 1.29 is 9.18 Å². The van der Waals surface area contributed by atoms with Crippen molar-refractivity contribution in [3.05, 3.63) is 51.7 Å². The van der Waals surface area contributed by atoms with Crippen LogP contribution in [0, 0.1) is 5.82 Å². The molecule has 1 aromatic heterocycles. The topological polar surface area (TPSA) is 54.0 Å². The predicted octanol–water partition coefficient (Wildman–Crippen LogP) is 3.44. The Labute approximate surface area is 158 Å². The lowest BCUT2D eigenvalue weighted by molar-refractivity contribution is 0.0946. The molecule has 1 atom stereocenters. The zero-order valence-corrected chi connectivity index (χ0v) is 16.0. The molecule has 1 aromatic carbocycles. The highest BCUT2D eigenvalue weighted by molar-refractivity contribution is 7.09. The van der Waals surface area contributed by atoms with E-state index in [4.69, 9.17) is 0 Å². The zero-order valence-electron chi connectivity index (χ0n) is 13.5.